The van der Waals surface area contributed by atoms with Gasteiger partial charge in [0, 0.05) is 43.9 Å². The molecule has 180 valence electrons. The molecule has 1 N–H and O–H groups in total. The van der Waals surface area contributed by atoms with Crippen LogP contribution < -0.4 is 15.0 Å². The van der Waals surface area contributed by atoms with E-state index in [-0.39, 0.29) is 18.3 Å². The van der Waals surface area contributed by atoms with Gasteiger partial charge in [-0.3, -0.25) is 4.79 Å². The third-order valence-corrected chi connectivity index (χ3v) is 5.76. The maximum Gasteiger partial charge on any atom is 0.260 e. The first-order valence-corrected chi connectivity index (χ1v) is 11.3. The van der Waals surface area contributed by atoms with Crippen LogP contribution in [-0.2, 0) is 11.3 Å². The normalized spacial score (nSPS) is 13.6. The lowest BCUT2D eigenvalue weighted by Gasteiger charge is -2.36. The van der Waals surface area contributed by atoms with Crippen molar-refractivity contribution in [3.63, 3.8) is 0 Å². The van der Waals surface area contributed by atoms with E-state index in [4.69, 9.17) is 13.8 Å². The highest BCUT2D eigenvalue weighted by molar-refractivity contribution is 5.78. The van der Waals surface area contributed by atoms with E-state index in [1.165, 1.54) is 12.3 Å². The SMILES string of the molecule is O=C(COc1ccccc1)N1CCN(c2ccc(-c3cc(CNc4ccon4)on3)cc2F)CC1. The molecule has 5 rings (SSSR count). The summed E-state index contributed by atoms with van der Waals surface area (Å²) >= 11 is 0. The molecule has 1 amide bonds. The standard InChI is InChI=1S/C25H24FN5O4/c26-21-14-18(22-15-20(35-28-22)16-27-24-8-13-34-29-24)6-7-23(21)30-9-11-31(12-10-30)25(32)17-33-19-4-2-1-3-5-19/h1-8,13-15H,9-12,16-17H2,(H,27,29). The molecular weight excluding hydrogens is 453 g/mol. The number of halogens is 1. The fraction of sp³-hybridized carbons (Fsp3) is 0.240. The minimum atomic E-state index is -0.347. The number of hydrogen-bond donors (Lipinski definition) is 1. The van der Waals surface area contributed by atoms with Gasteiger partial charge in [-0.05, 0) is 24.3 Å². The first kappa shape index (κ1) is 22.5. The van der Waals surface area contributed by atoms with Gasteiger partial charge in [-0.25, -0.2) is 4.39 Å². The van der Waals surface area contributed by atoms with Crippen molar-refractivity contribution in [1.29, 1.82) is 0 Å². The third kappa shape index (κ3) is 5.43. The lowest BCUT2D eigenvalue weighted by molar-refractivity contribution is -0.133. The zero-order chi connectivity index (χ0) is 24.0. The number of piperazine rings is 1. The lowest BCUT2D eigenvalue weighted by Crippen LogP contribution is -2.50. The van der Waals surface area contributed by atoms with Crippen molar-refractivity contribution in [2.24, 2.45) is 0 Å². The molecule has 1 fully saturated rings. The summed E-state index contributed by atoms with van der Waals surface area (Å²) < 4.78 is 30.6. The molecule has 0 bridgehead atoms. The highest BCUT2D eigenvalue weighted by atomic mass is 19.1. The number of ether oxygens (including phenoxy) is 1. The molecule has 3 heterocycles. The van der Waals surface area contributed by atoms with E-state index < -0.39 is 0 Å². The number of anilines is 2. The van der Waals surface area contributed by atoms with Crippen LogP contribution in [0.25, 0.3) is 11.3 Å². The van der Waals surface area contributed by atoms with Crippen molar-refractivity contribution in [3.8, 4) is 17.0 Å². The number of nitrogens with zero attached hydrogens (tertiary/aromatic N) is 4. The van der Waals surface area contributed by atoms with Crippen molar-refractivity contribution in [2.75, 3.05) is 43.0 Å². The van der Waals surface area contributed by atoms with E-state index in [9.17, 15) is 9.18 Å². The smallest absolute Gasteiger partial charge is 0.260 e. The topological polar surface area (TPSA) is 96.9 Å². The van der Waals surface area contributed by atoms with Gasteiger partial charge >= 0.3 is 0 Å². The van der Waals surface area contributed by atoms with Crippen LogP contribution in [0.1, 0.15) is 5.76 Å². The average molecular weight is 477 g/mol. The Hall–Kier alpha value is -4.34. The summed E-state index contributed by atoms with van der Waals surface area (Å²) in [6.45, 7) is 2.44. The zero-order valence-electron chi connectivity index (χ0n) is 18.9. The van der Waals surface area contributed by atoms with Gasteiger partial charge in [0.2, 0.25) is 0 Å². The van der Waals surface area contributed by atoms with Crippen LogP contribution >= 0.6 is 0 Å². The van der Waals surface area contributed by atoms with Gasteiger partial charge in [0.1, 0.15) is 23.5 Å². The summed E-state index contributed by atoms with van der Waals surface area (Å²) in [7, 11) is 0. The predicted octanol–water partition coefficient (Wildman–Crippen LogP) is 3.81. The summed E-state index contributed by atoms with van der Waals surface area (Å²) in [4.78, 5) is 16.2. The largest absolute Gasteiger partial charge is 0.484 e. The van der Waals surface area contributed by atoms with E-state index in [0.717, 1.165) is 0 Å². The maximum absolute atomic E-state index is 15.0. The van der Waals surface area contributed by atoms with E-state index in [1.807, 2.05) is 41.3 Å². The van der Waals surface area contributed by atoms with Crippen LogP contribution in [0, 0.1) is 5.82 Å². The number of rotatable bonds is 8. The van der Waals surface area contributed by atoms with Gasteiger partial charge in [0.05, 0.1) is 12.2 Å². The number of carbonyl (C=O) groups excluding carboxylic acids is 1. The number of hydrogen-bond acceptors (Lipinski definition) is 8. The van der Waals surface area contributed by atoms with Crippen LogP contribution in [0.5, 0.6) is 5.75 Å². The number of aromatic nitrogens is 2. The van der Waals surface area contributed by atoms with Gasteiger partial charge < -0.3 is 28.9 Å². The molecule has 1 saturated heterocycles. The van der Waals surface area contributed by atoms with Crippen molar-refractivity contribution < 1.29 is 23.0 Å². The second-order valence-corrected chi connectivity index (χ2v) is 8.05. The summed E-state index contributed by atoms with van der Waals surface area (Å²) in [5, 5.41) is 10.9. The highest BCUT2D eigenvalue weighted by Crippen LogP contribution is 2.27. The van der Waals surface area contributed by atoms with Gasteiger partial charge in [0.15, 0.2) is 18.2 Å². The number of benzene rings is 2. The second-order valence-electron chi connectivity index (χ2n) is 8.05. The first-order valence-electron chi connectivity index (χ1n) is 11.3. The number of amides is 1. The van der Waals surface area contributed by atoms with Gasteiger partial charge in [-0.15, -0.1) is 0 Å². The molecule has 1 aliphatic rings. The molecule has 9 nitrogen and oxygen atoms in total. The average Bonchev–Trinajstić information content (AvgIpc) is 3.59. The first-order chi connectivity index (χ1) is 17.2. The molecule has 0 atom stereocenters. The Kier molecular flexibility index (Phi) is 6.60. The summed E-state index contributed by atoms with van der Waals surface area (Å²) in [5.41, 5.74) is 1.66. The minimum Gasteiger partial charge on any atom is -0.484 e. The molecular formula is C25H24FN5O4. The van der Waals surface area contributed by atoms with E-state index in [2.05, 4.69) is 15.6 Å². The van der Waals surface area contributed by atoms with E-state index in [0.29, 0.717) is 67.0 Å². The minimum absolute atomic E-state index is 0.0130. The molecule has 0 saturated carbocycles. The Labute approximate surface area is 201 Å². The van der Waals surface area contributed by atoms with Gasteiger partial charge in [-0.2, -0.15) is 0 Å². The predicted molar refractivity (Wildman–Crippen MR) is 126 cm³/mol. The van der Waals surface area contributed by atoms with Gasteiger partial charge in [0.25, 0.3) is 5.91 Å². The Morgan fingerprint density at radius 2 is 1.86 bits per heavy atom. The molecule has 2 aromatic heterocycles. The van der Waals surface area contributed by atoms with Crippen molar-refractivity contribution in [2.45, 2.75) is 6.54 Å². The molecule has 0 unspecified atom stereocenters. The molecule has 0 radical (unpaired) electrons. The molecule has 4 aromatic rings. The van der Waals surface area contributed by atoms with Crippen LogP contribution in [-0.4, -0.2) is 53.9 Å². The Morgan fingerprint density at radius 1 is 1.03 bits per heavy atom. The van der Waals surface area contributed by atoms with Crippen LogP contribution in [0.3, 0.4) is 0 Å². The molecule has 10 heteroatoms. The maximum atomic E-state index is 15.0. The summed E-state index contributed by atoms with van der Waals surface area (Å²) in [6.07, 6.45) is 1.47. The van der Waals surface area contributed by atoms with Crippen molar-refractivity contribution >= 4 is 17.4 Å². The third-order valence-electron chi connectivity index (χ3n) is 5.76. The molecule has 35 heavy (non-hydrogen) atoms. The Morgan fingerprint density at radius 3 is 2.60 bits per heavy atom. The molecule has 2 aromatic carbocycles. The summed E-state index contributed by atoms with van der Waals surface area (Å²) in [6, 6.07) is 17.7. The lowest BCUT2D eigenvalue weighted by atomic mass is 10.1. The van der Waals surface area contributed by atoms with E-state index >= 15 is 0 Å². The second kappa shape index (κ2) is 10.3. The fourth-order valence-corrected chi connectivity index (χ4v) is 3.89. The Bertz CT molecular complexity index is 1250. The van der Waals surface area contributed by atoms with Crippen LogP contribution in [0.15, 0.2) is 76.0 Å². The monoisotopic (exact) mass is 477 g/mol. The fourth-order valence-electron chi connectivity index (χ4n) is 3.89. The van der Waals surface area contributed by atoms with E-state index in [1.54, 1.807) is 23.1 Å². The molecule has 0 spiro atoms. The van der Waals surface area contributed by atoms with Crippen molar-refractivity contribution in [1.82, 2.24) is 15.2 Å². The van der Waals surface area contributed by atoms with Crippen LogP contribution in [0.2, 0.25) is 0 Å². The highest BCUT2D eigenvalue weighted by Gasteiger charge is 2.23. The van der Waals surface area contributed by atoms with Crippen LogP contribution in [0.4, 0.5) is 15.9 Å². The van der Waals surface area contributed by atoms with Gasteiger partial charge in [-0.1, -0.05) is 34.6 Å². The zero-order valence-corrected chi connectivity index (χ0v) is 18.9. The quantitative estimate of drug-likeness (QED) is 0.409. The number of para-hydroxylation sites is 1. The molecule has 0 aliphatic carbocycles. The molecule has 1 aliphatic heterocycles. The number of carbonyl (C=O) groups is 1. The number of nitrogens with one attached hydrogen (secondary N) is 1. The van der Waals surface area contributed by atoms with Crippen molar-refractivity contribution in [3.05, 3.63) is 78.5 Å². The Balaban J connectivity index is 1.15. The summed E-state index contributed by atoms with van der Waals surface area (Å²) in [5.74, 6) is 1.41.